The van der Waals surface area contributed by atoms with Gasteiger partial charge in [0.25, 0.3) is 0 Å². The van der Waals surface area contributed by atoms with Crippen molar-refractivity contribution in [2.45, 2.75) is 58.2 Å². The van der Waals surface area contributed by atoms with Crippen molar-refractivity contribution in [1.29, 1.82) is 0 Å². The van der Waals surface area contributed by atoms with Gasteiger partial charge in [0.1, 0.15) is 18.5 Å². The molecule has 4 aromatic rings. The first-order chi connectivity index (χ1) is 22.1. The minimum absolute atomic E-state index is 0.197. The first-order valence-corrected chi connectivity index (χ1v) is 16.1. The first-order valence-electron chi connectivity index (χ1n) is 16.1. The van der Waals surface area contributed by atoms with Gasteiger partial charge in [-0.05, 0) is 82.8 Å². The van der Waals surface area contributed by atoms with E-state index >= 15 is 0 Å². The van der Waals surface area contributed by atoms with E-state index < -0.39 is 6.10 Å². The molecule has 0 aromatic heterocycles. The minimum atomic E-state index is -0.623. The van der Waals surface area contributed by atoms with Gasteiger partial charge in [-0.1, -0.05) is 104 Å². The largest absolute Gasteiger partial charge is 0.491 e. The smallest absolute Gasteiger partial charge is 0.335 e. The van der Waals surface area contributed by atoms with Crippen LogP contribution in [0.3, 0.4) is 0 Å². The highest BCUT2D eigenvalue weighted by Gasteiger charge is 2.24. The highest BCUT2D eigenvalue weighted by molar-refractivity contribution is 5.78. The lowest BCUT2D eigenvalue weighted by Crippen LogP contribution is -2.27. The van der Waals surface area contributed by atoms with Crippen molar-refractivity contribution < 1.29 is 23.7 Å². The lowest BCUT2D eigenvalue weighted by molar-refractivity contribution is -0.154. The van der Waals surface area contributed by atoms with Crippen molar-refractivity contribution in [3.63, 3.8) is 0 Å². The maximum atomic E-state index is 12.1. The lowest BCUT2D eigenvalue weighted by atomic mass is 9.91. The van der Waals surface area contributed by atoms with E-state index in [1.807, 2.05) is 24.3 Å². The summed E-state index contributed by atoms with van der Waals surface area (Å²) in [6, 6.07) is 31.8. The Kier molecular flexibility index (Phi) is 11.6. The van der Waals surface area contributed by atoms with Gasteiger partial charge in [-0.15, -0.1) is 0 Å². The second kappa shape index (κ2) is 16.2. The van der Waals surface area contributed by atoms with Gasteiger partial charge in [-0.2, -0.15) is 0 Å². The Hall–Kier alpha value is -4.19. The van der Waals surface area contributed by atoms with E-state index in [0.29, 0.717) is 26.2 Å². The van der Waals surface area contributed by atoms with Gasteiger partial charge < -0.3 is 18.9 Å². The molecular weight excluding hydrogens is 560 g/mol. The van der Waals surface area contributed by atoms with E-state index in [1.165, 1.54) is 46.1 Å². The van der Waals surface area contributed by atoms with E-state index in [1.54, 1.807) is 6.92 Å². The Morgan fingerprint density at radius 3 is 2.31 bits per heavy atom. The topological polar surface area (TPSA) is 54.0 Å². The van der Waals surface area contributed by atoms with Crippen LogP contribution in [-0.4, -0.2) is 39.0 Å². The number of carbonyl (C=O) groups excluding carboxylic acids is 1. The van der Waals surface area contributed by atoms with Crippen LogP contribution in [-0.2, 0) is 44.7 Å². The molecule has 0 spiro atoms. The molecule has 2 unspecified atom stereocenters. The Bertz CT molecular complexity index is 1560. The number of esters is 1. The van der Waals surface area contributed by atoms with Crippen LogP contribution in [0, 0.1) is 0 Å². The van der Waals surface area contributed by atoms with Gasteiger partial charge in [0.05, 0.1) is 13.2 Å². The third-order valence-corrected chi connectivity index (χ3v) is 8.26. The molecule has 0 N–H and O–H groups in total. The predicted octanol–water partition coefficient (Wildman–Crippen LogP) is 8.21. The second-order valence-corrected chi connectivity index (χ2v) is 11.4. The second-order valence-electron chi connectivity index (χ2n) is 11.4. The fourth-order valence-electron chi connectivity index (χ4n) is 5.94. The maximum absolute atomic E-state index is 12.1. The quantitative estimate of drug-likeness (QED) is 0.101. The minimum Gasteiger partial charge on any atom is -0.491 e. The molecule has 1 aliphatic rings. The fourth-order valence-corrected chi connectivity index (χ4v) is 5.94. The molecule has 0 fully saturated rings. The summed E-state index contributed by atoms with van der Waals surface area (Å²) < 4.78 is 23.2. The zero-order valence-corrected chi connectivity index (χ0v) is 26.7. The van der Waals surface area contributed by atoms with E-state index in [-0.39, 0.29) is 12.1 Å². The van der Waals surface area contributed by atoms with Crippen molar-refractivity contribution in [1.82, 2.24) is 0 Å². The molecule has 5 rings (SSSR count). The normalized spacial score (nSPS) is 14.2. The van der Waals surface area contributed by atoms with Crippen LogP contribution in [0.5, 0.6) is 5.75 Å². The number of hydrogen-bond acceptors (Lipinski definition) is 5. The Morgan fingerprint density at radius 1 is 0.756 bits per heavy atom. The van der Waals surface area contributed by atoms with Crippen molar-refractivity contribution in [3.8, 4) is 5.75 Å². The summed E-state index contributed by atoms with van der Waals surface area (Å²) >= 11 is 0. The molecule has 0 heterocycles. The summed E-state index contributed by atoms with van der Waals surface area (Å²) in [5, 5.41) is 0. The monoisotopic (exact) mass is 604 g/mol. The zero-order chi connectivity index (χ0) is 31.4. The Balaban J connectivity index is 1.28. The van der Waals surface area contributed by atoms with E-state index in [2.05, 4.69) is 85.8 Å². The van der Waals surface area contributed by atoms with Gasteiger partial charge in [0.2, 0.25) is 0 Å². The molecule has 45 heavy (non-hydrogen) atoms. The average Bonchev–Trinajstić information content (AvgIpc) is 3.22. The molecule has 2 atom stereocenters. The summed E-state index contributed by atoms with van der Waals surface area (Å²) in [4.78, 5) is 12.1. The maximum Gasteiger partial charge on any atom is 0.335 e. The number of ether oxygens (including phenoxy) is 4. The molecule has 0 saturated carbocycles. The number of aryl methyl sites for hydroxylation is 3. The van der Waals surface area contributed by atoms with Gasteiger partial charge in [-0.3, -0.25) is 0 Å². The number of benzene rings is 4. The third kappa shape index (κ3) is 8.50. The summed E-state index contributed by atoms with van der Waals surface area (Å²) in [6.07, 6.45) is 8.29. The van der Waals surface area contributed by atoms with E-state index in [0.717, 1.165) is 37.0 Å². The van der Waals surface area contributed by atoms with Crippen LogP contribution in [0.25, 0.3) is 12.2 Å². The molecule has 0 bridgehead atoms. The van der Waals surface area contributed by atoms with Crippen LogP contribution in [0.4, 0.5) is 0 Å². The lowest BCUT2D eigenvalue weighted by Gasteiger charge is -2.23. The predicted molar refractivity (Wildman–Crippen MR) is 181 cm³/mol. The van der Waals surface area contributed by atoms with Crippen molar-refractivity contribution in [2.24, 2.45) is 0 Å². The summed E-state index contributed by atoms with van der Waals surface area (Å²) in [5.74, 6) is 0.405. The molecule has 0 saturated heterocycles. The van der Waals surface area contributed by atoms with Crippen LogP contribution in [0.2, 0.25) is 0 Å². The summed E-state index contributed by atoms with van der Waals surface area (Å²) in [5.41, 5.74) is 9.84. The van der Waals surface area contributed by atoms with Crippen molar-refractivity contribution >= 4 is 18.1 Å². The fraction of sp³-hybridized carbons (Fsp3) is 0.325. The number of hydrogen-bond donors (Lipinski definition) is 0. The Morgan fingerprint density at radius 2 is 1.56 bits per heavy atom. The molecule has 5 heteroatoms. The summed E-state index contributed by atoms with van der Waals surface area (Å²) in [7, 11) is 1.52. The van der Waals surface area contributed by atoms with Crippen LogP contribution in [0.15, 0.2) is 91.0 Å². The molecule has 0 aliphatic heterocycles. The third-order valence-electron chi connectivity index (χ3n) is 8.26. The van der Waals surface area contributed by atoms with Gasteiger partial charge in [0.15, 0.2) is 6.10 Å². The van der Waals surface area contributed by atoms with E-state index in [9.17, 15) is 4.79 Å². The molecular formula is C40H44O5. The van der Waals surface area contributed by atoms with Gasteiger partial charge >= 0.3 is 5.97 Å². The SMILES string of the molecule is CCCc1ccc2c(c1)C=Cc1c(CCc3ccccc3)cccc1C2OCCOc1ccc(CC(OC)C(=O)OCC)cc1. The first kappa shape index (κ1) is 32.2. The molecule has 234 valence electrons. The highest BCUT2D eigenvalue weighted by Crippen LogP contribution is 2.37. The molecule has 1 aliphatic carbocycles. The van der Waals surface area contributed by atoms with Crippen LogP contribution >= 0.6 is 0 Å². The molecule has 5 nitrogen and oxygen atoms in total. The number of fused-ring (bicyclic) bond motifs is 2. The van der Waals surface area contributed by atoms with Crippen molar-refractivity contribution in [2.75, 3.05) is 26.9 Å². The van der Waals surface area contributed by atoms with E-state index in [4.69, 9.17) is 18.9 Å². The summed E-state index contributed by atoms with van der Waals surface area (Å²) in [6.45, 7) is 5.19. The zero-order valence-electron chi connectivity index (χ0n) is 26.7. The molecule has 0 radical (unpaired) electrons. The number of rotatable bonds is 15. The van der Waals surface area contributed by atoms with Crippen LogP contribution < -0.4 is 4.74 Å². The highest BCUT2D eigenvalue weighted by atomic mass is 16.6. The van der Waals surface area contributed by atoms with Crippen molar-refractivity contribution in [3.05, 3.63) is 136 Å². The average molecular weight is 605 g/mol. The van der Waals surface area contributed by atoms with Crippen LogP contribution in [0.1, 0.15) is 70.9 Å². The standard InChI is InChI=1S/C40H44O5/c1-4-10-30-18-23-36-33(27-30)20-24-35-32(19-15-29-11-7-6-8-12-29)13-9-14-37(35)39(36)45-26-25-44-34-21-16-31(17-22-34)28-38(42-3)40(41)43-5-2/h6-9,11-14,16-18,20-24,27,38-39H,4-5,10,15,19,25-26,28H2,1-3H3. The number of carbonyl (C=O) groups is 1. The molecule has 4 aromatic carbocycles. The Labute approximate surface area is 267 Å². The van der Waals surface area contributed by atoms with Gasteiger partial charge in [0, 0.05) is 13.5 Å². The molecule has 0 amide bonds. The van der Waals surface area contributed by atoms with Gasteiger partial charge in [-0.25, -0.2) is 4.79 Å². The number of methoxy groups -OCH3 is 1.